The molecule has 2 atom stereocenters. The van der Waals surface area contributed by atoms with E-state index in [0.717, 1.165) is 48.6 Å². The van der Waals surface area contributed by atoms with Gasteiger partial charge in [-0.3, -0.25) is 5.21 Å². The maximum absolute atomic E-state index is 12.4. The van der Waals surface area contributed by atoms with Crippen LogP contribution in [-0.2, 0) is 4.74 Å². The molecule has 0 radical (unpaired) electrons. The predicted molar refractivity (Wildman–Crippen MR) is 100 cm³/mol. The highest BCUT2D eigenvalue weighted by molar-refractivity contribution is 5.77. The number of aromatic nitrogens is 1. The zero-order valence-electron chi connectivity index (χ0n) is 17.1. The normalized spacial score (nSPS) is 32.3. The molecule has 0 aromatic carbocycles. The Morgan fingerprint density at radius 2 is 2.10 bits per heavy atom. The largest absolute Gasteiger partial charge is 0.444 e. The molecule has 0 unspecified atom stereocenters. The summed E-state index contributed by atoms with van der Waals surface area (Å²) in [5.74, 6) is 0.993. The van der Waals surface area contributed by atoms with Crippen LogP contribution < -0.4 is 5.32 Å². The summed E-state index contributed by atoms with van der Waals surface area (Å²) < 4.78 is 10.9. The maximum Gasteiger partial charge on any atom is 0.407 e. The molecule has 2 saturated carbocycles. The van der Waals surface area contributed by atoms with E-state index in [0.29, 0.717) is 6.54 Å². The van der Waals surface area contributed by atoms with E-state index in [-0.39, 0.29) is 35.5 Å². The first kappa shape index (κ1) is 18.7. The lowest BCUT2D eigenvalue weighted by Gasteiger charge is -2.35. The van der Waals surface area contributed by atoms with Crippen molar-refractivity contribution in [1.29, 1.82) is 0 Å². The number of nitrogens with one attached hydrogen (secondary N) is 1. The molecule has 5 rings (SSSR count). The summed E-state index contributed by atoms with van der Waals surface area (Å²) in [5.41, 5.74) is 0.277. The van der Waals surface area contributed by atoms with Gasteiger partial charge in [0.15, 0.2) is 0 Å². The molecule has 2 saturated heterocycles. The fourth-order valence-electron chi connectivity index (χ4n) is 5.01. The van der Waals surface area contributed by atoms with E-state index >= 15 is 0 Å². The minimum Gasteiger partial charge on any atom is -0.444 e. The highest BCUT2D eigenvalue weighted by Gasteiger charge is 2.63. The number of ether oxygens (including phenoxy) is 1. The fraction of sp³-hybridized carbons (Fsp3) is 0.750. The van der Waals surface area contributed by atoms with Crippen LogP contribution in [0.1, 0.15) is 76.3 Å². The Kier molecular flexibility index (Phi) is 3.94. The Morgan fingerprint density at radius 3 is 2.76 bits per heavy atom. The van der Waals surface area contributed by atoms with Crippen LogP contribution >= 0.6 is 0 Å². The molecule has 1 spiro atoms. The van der Waals surface area contributed by atoms with Gasteiger partial charge in [0.25, 0.3) is 0 Å². The lowest BCUT2D eigenvalue weighted by Crippen LogP contribution is -2.45. The van der Waals surface area contributed by atoms with Gasteiger partial charge in [-0.1, -0.05) is 5.16 Å². The number of hydrogen-bond acceptors (Lipinski definition) is 6. The van der Waals surface area contributed by atoms with Crippen LogP contribution in [0.25, 0.3) is 0 Å². The number of rotatable bonds is 3. The molecule has 9 heteroatoms. The van der Waals surface area contributed by atoms with E-state index in [4.69, 9.17) is 9.26 Å². The van der Waals surface area contributed by atoms with Crippen LogP contribution in [0, 0.1) is 5.41 Å². The number of nitrogens with zero attached hydrogens (tertiary/aromatic N) is 3. The summed E-state index contributed by atoms with van der Waals surface area (Å²) in [5, 5.41) is 18.2. The van der Waals surface area contributed by atoms with Crippen LogP contribution in [0.2, 0.25) is 0 Å². The van der Waals surface area contributed by atoms with Crippen molar-refractivity contribution in [2.75, 3.05) is 6.54 Å². The van der Waals surface area contributed by atoms with Gasteiger partial charge in [-0.25, -0.2) is 14.7 Å². The topological polar surface area (TPSA) is 108 Å². The van der Waals surface area contributed by atoms with Gasteiger partial charge in [-0.15, -0.1) is 0 Å². The first-order valence-corrected chi connectivity index (χ1v) is 10.4. The monoisotopic (exact) mass is 404 g/mol. The third-order valence-corrected chi connectivity index (χ3v) is 6.83. The number of carbonyl (C=O) groups excluding carboxylic acids is 2. The molecule has 1 aromatic rings. The van der Waals surface area contributed by atoms with Crippen LogP contribution in [-0.4, -0.2) is 56.7 Å². The van der Waals surface area contributed by atoms with Crippen molar-refractivity contribution in [3.05, 3.63) is 17.5 Å². The first-order chi connectivity index (χ1) is 13.7. The van der Waals surface area contributed by atoms with E-state index in [9.17, 15) is 14.8 Å². The van der Waals surface area contributed by atoms with Crippen molar-refractivity contribution in [3.63, 3.8) is 0 Å². The Bertz CT molecular complexity index is 836. The number of amides is 3. The molecule has 2 aliphatic carbocycles. The van der Waals surface area contributed by atoms with Crippen molar-refractivity contribution in [3.8, 4) is 0 Å². The highest BCUT2D eigenvalue weighted by Crippen LogP contribution is 2.61. The van der Waals surface area contributed by atoms with Crippen molar-refractivity contribution in [1.82, 2.24) is 20.4 Å². The summed E-state index contributed by atoms with van der Waals surface area (Å²) in [4.78, 5) is 26.0. The number of fused-ring (bicyclic) bond motifs is 3. The van der Waals surface area contributed by atoms with Crippen molar-refractivity contribution in [2.45, 2.75) is 82.5 Å². The lowest BCUT2D eigenvalue weighted by molar-refractivity contribution is -0.0782. The average molecular weight is 404 g/mol. The molecule has 2 aliphatic heterocycles. The molecule has 29 heavy (non-hydrogen) atoms. The number of hydrogen-bond donors (Lipinski definition) is 2. The van der Waals surface area contributed by atoms with Gasteiger partial charge in [0, 0.05) is 24.6 Å². The van der Waals surface area contributed by atoms with Crippen molar-refractivity contribution >= 4 is 12.1 Å². The summed E-state index contributed by atoms with van der Waals surface area (Å²) in [6, 6.07) is 1.44. The fourth-order valence-corrected chi connectivity index (χ4v) is 5.01. The second kappa shape index (κ2) is 6.10. The predicted octanol–water partition coefficient (Wildman–Crippen LogP) is 3.17. The minimum absolute atomic E-state index is 0.0279. The van der Waals surface area contributed by atoms with Crippen LogP contribution in [0.15, 0.2) is 10.6 Å². The number of hydroxylamine groups is 2. The molecule has 4 aliphatic rings. The molecule has 3 heterocycles. The van der Waals surface area contributed by atoms with E-state index in [1.165, 1.54) is 0 Å². The average Bonchev–Trinajstić information content (AvgIpc) is 3.09. The van der Waals surface area contributed by atoms with Gasteiger partial charge < -0.3 is 19.5 Å². The molecule has 3 amide bonds. The molecule has 4 fully saturated rings. The summed E-state index contributed by atoms with van der Waals surface area (Å²) in [6.45, 7) is 6.07. The summed E-state index contributed by atoms with van der Waals surface area (Å²) in [6.07, 6.45) is 4.05. The summed E-state index contributed by atoms with van der Waals surface area (Å²) in [7, 11) is 0. The molecule has 1 aromatic heterocycles. The molecule has 9 nitrogen and oxygen atoms in total. The second-order valence-corrected chi connectivity index (χ2v) is 10.0. The quantitative estimate of drug-likeness (QED) is 0.749. The van der Waals surface area contributed by atoms with E-state index < -0.39 is 11.7 Å². The van der Waals surface area contributed by atoms with E-state index in [2.05, 4.69) is 10.5 Å². The van der Waals surface area contributed by atoms with E-state index in [1.54, 1.807) is 4.90 Å². The number of piperidine rings is 1. The van der Waals surface area contributed by atoms with E-state index in [1.807, 2.05) is 26.8 Å². The third kappa shape index (κ3) is 3.15. The van der Waals surface area contributed by atoms with Gasteiger partial charge in [-0.2, -0.15) is 0 Å². The lowest BCUT2D eigenvalue weighted by atomic mass is 9.78. The smallest absolute Gasteiger partial charge is 0.407 e. The molecular weight excluding hydrogens is 376 g/mol. The van der Waals surface area contributed by atoms with Gasteiger partial charge in [-0.05, 0) is 58.3 Å². The number of alkyl carbamates (subject to hydrolysis) is 1. The Labute approximate surface area is 169 Å². The zero-order chi connectivity index (χ0) is 20.6. The minimum atomic E-state index is -0.512. The maximum atomic E-state index is 12.4. The second-order valence-electron chi connectivity index (χ2n) is 10.0. The first-order valence-electron chi connectivity index (χ1n) is 10.4. The van der Waals surface area contributed by atoms with Crippen LogP contribution in [0.3, 0.4) is 0 Å². The summed E-state index contributed by atoms with van der Waals surface area (Å²) >= 11 is 0. The van der Waals surface area contributed by atoms with Crippen LogP contribution in [0.5, 0.6) is 0 Å². The third-order valence-electron chi connectivity index (χ3n) is 6.83. The molecule has 2 bridgehead atoms. The number of carbonyl (C=O) groups is 2. The zero-order valence-corrected chi connectivity index (χ0v) is 17.1. The van der Waals surface area contributed by atoms with Gasteiger partial charge >= 0.3 is 12.1 Å². The SMILES string of the molecule is CC(C)(C)OC(=O)NC1CC(c2cc([C@@H]3CC4(CC4)[C@@H]4CN3C(=O)N4O)no2)C1. The Hall–Kier alpha value is -2.29. The Morgan fingerprint density at radius 1 is 1.38 bits per heavy atom. The molecular formula is C20H28N4O5. The standard InChI is InChI=1S/C20H28N4O5/c1-19(2,3)28-17(25)21-12-6-11(7-12)15-8-13(22-29-15)14-9-20(4-5-20)16-10-23(14)18(26)24(16)27/h8,11-12,14,16,27H,4-7,9-10H2,1-3H3,(H,21,25)/t11?,12?,14-,16-/m0/s1. The molecule has 158 valence electrons. The van der Waals surface area contributed by atoms with Gasteiger partial charge in [0.2, 0.25) is 0 Å². The van der Waals surface area contributed by atoms with Crippen LogP contribution in [0.4, 0.5) is 9.59 Å². The number of urea groups is 1. The highest BCUT2D eigenvalue weighted by atomic mass is 16.6. The Balaban J connectivity index is 1.21. The van der Waals surface area contributed by atoms with Gasteiger partial charge in [0.1, 0.15) is 17.1 Å². The van der Waals surface area contributed by atoms with Gasteiger partial charge in [0.05, 0.1) is 12.1 Å². The van der Waals surface area contributed by atoms with Crippen molar-refractivity contribution < 1.29 is 24.1 Å². The van der Waals surface area contributed by atoms with Crippen molar-refractivity contribution in [2.24, 2.45) is 5.41 Å². The molecule has 2 N–H and O–H groups in total.